The van der Waals surface area contributed by atoms with Crippen LogP contribution in [0.5, 0.6) is 0 Å². The minimum Gasteiger partial charge on any atom is -0.296 e. The molecule has 0 radical (unpaired) electrons. The van der Waals surface area contributed by atoms with Crippen LogP contribution in [0.15, 0.2) is 52.9 Å². The molecule has 3 aromatic rings. The number of hydrogen-bond acceptors (Lipinski definition) is 5. The van der Waals surface area contributed by atoms with Crippen molar-refractivity contribution in [3.8, 4) is 0 Å². The van der Waals surface area contributed by atoms with Crippen LogP contribution in [-0.2, 0) is 11.9 Å². The smallest absolute Gasteiger partial charge is 0.296 e. The Labute approximate surface area is 161 Å². The lowest BCUT2D eigenvalue weighted by atomic mass is 10.1. The van der Waals surface area contributed by atoms with Crippen LogP contribution in [0.25, 0.3) is 0 Å². The first-order chi connectivity index (χ1) is 12.8. The van der Waals surface area contributed by atoms with Crippen molar-refractivity contribution in [3.63, 3.8) is 0 Å². The lowest BCUT2D eigenvalue weighted by molar-refractivity contribution is -0.137. The van der Waals surface area contributed by atoms with E-state index in [-0.39, 0.29) is 5.91 Å². The molecule has 0 aliphatic heterocycles. The number of halogens is 3. The molecule has 2 aromatic carbocycles. The van der Waals surface area contributed by atoms with Crippen molar-refractivity contribution < 1.29 is 18.0 Å². The summed E-state index contributed by atoms with van der Waals surface area (Å²) in [5.41, 5.74) is 1.35. The SMILES string of the molecule is Cc1cccc(C(=O)Nc2nnc(SCc3cccc(C(F)(F)F)c3)s2)c1. The van der Waals surface area contributed by atoms with E-state index in [0.717, 1.165) is 17.7 Å². The van der Waals surface area contributed by atoms with E-state index in [1.54, 1.807) is 24.3 Å². The summed E-state index contributed by atoms with van der Waals surface area (Å²) in [6, 6.07) is 12.3. The Morgan fingerprint density at radius 1 is 1.15 bits per heavy atom. The summed E-state index contributed by atoms with van der Waals surface area (Å²) in [5, 5.41) is 10.9. The van der Waals surface area contributed by atoms with Gasteiger partial charge in [0.15, 0.2) is 4.34 Å². The number of hydrogen-bond donors (Lipinski definition) is 1. The summed E-state index contributed by atoms with van der Waals surface area (Å²) in [7, 11) is 0. The zero-order valence-electron chi connectivity index (χ0n) is 14.1. The number of nitrogens with zero attached hydrogens (tertiary/aromatic N) is 2. The van der Waals surface area contributed by atoms with Gasteiger partial charge in [-0.05, 0) is 30.7 Å². The number of aromatic nitrogens is 2. The third-order valence-corrected chi connectivity index (χ3v) is 5.57. The molecule has 9 heteroatoms. The standard InChI is InChI=1S/C18H14F3N3OS2/c1-11-4-2-6-13(8-11)15(25)22-16-23-24-17(27-16)26-10-12-5-3-7-14(9-12)18(19,20)21/h2-9H,10H2,1H3,(H,22,23,25). The number of carbonyl (C=O) groups excluding carboxylic acids is 1. The van der Waals surface area contributed by atoms with E-state index in [1.165, 1.54) is 29.2 Å². The first-order valence-corrected chi connectivity index (χ1v) is 9.62. The van der Waals surface area contributed by atoms with Crippen molar-refractivity contribution in [2.45, 2.75) is 23.2 Å². The zero-order chi connectivity index (χ0) is 19.4. The van der Waals surface area contributed by atoms with E-state index in [2.05, 4.69) is 15.5 Å². The Kier molecular flexibility index (Phi) is 5.81. The number of aryl methyl sites for hydroxylation is 1. The van der Waals surface area contributed by atoms with E-state index in [9.17, 15) is 18.0 Å². The molecule has 3 rings (SSSR count). The topological polar surface area (TPSA) is 54.9 Å². The molecule has 1 amide bonds. The minimum absolute atomic E-state index is 0.288. The summed E-state index contributed by atoms with van der Waals surface area (Å²) < 4.78 is 38.8. The number of amides is 1. The predicted octanol–water partition coefficient (Wildman–Crippen LogP) is 5.41. The molecule has 0 spiro atoms. The van der Waals surface area contributed by atoms with E-state index >= 15 is 0 Å². The van der Waals surface area contributed by atoms with Crippen LogP contribution < -0.4 is 5.32 Å². The van der Waals surface area contributed by atoms with Gasteiger partial charge < -0.3 is 0 Å². The number of rotatable bonds is 5. The van der Waals surface area contributed by atoms with Gasteiger partial charge in [0.1, 0.15) is 0 Å². The normalized spacial score (nSPS) is 11.4. The molecule has 0 saturated carbocycles. The van der Waals surface area contributed by atoms with Crippen molar-refractivity contribution >= 4 is 34.1 Å². The molecule has 0 aliphatic rings. The summed E-state index contributed by atoms with van der Waals surface area (Å²) in [4.78, 5) is 12.2. The maximum atomic E-state index is 12.8. The number of thioether (sulfide) groups is 1. The molecule has 4 nitrogen and oxygen atoms in total. The second kappa shape index (κ2) is 8.10. The molecule has 0 fully saturated rings. The van der Waals surface area contributed by atoms with Crippen LogP contribution in [0.3, 0.4) is 0 Å². The molecule has 140 valence electrons. The van der Waals surface area contributed by atoms with Gasteiger partial charge in [0.05, 0.1) is 5.56 Å². The Balaban J connectivity index is 1.61. The summed E-state index contributed by atoms with van der Waals surface area (Å²) in [6.45, 7) is 1.89. The van der Waals surface area contributed by atoms with Gasteiger partial charge in [-0.2, -0.15) is 13.2 Å². The third kappa shape index (κ3) is 5.30. The Bertz CT molecular complexity index is 957. The van der Waals surface area contributed by atoms with Gasteiger partial charge in [-0.15, -0.1) is 10.2 Å². The van der Waals surface area contributed by atoms with Crippen LogP contribution in [0, 0.1) is 6.92 Å². The van der Waals surface area contributed by atoms with Crippen molar-refractivity contribution in [1.29, 1.82) is 0 Å². The molecule has 0 aliphatic carbocycles. The molecular formula is C18H14F3N3OS2. The highest BCUT2D eigenvalue weighted by Crippen LogP contribution is 2.32. The van der Waals surface area contributed by atoms with E-state index in [0.29, 0.717) is 26.4 Å². The van der Waals surface area contributed by atoms with Gasteiger partial charge in [-0.25, -0.2) is 0 Å². The Morgan fingerprint density at radius 2 is 1.93 bits per heavy atom. The van der Waals surface area contributed by atoms with Crippen LogP contribution in [0.4, 0.5) is 18.3 Å². The van der Waals surface area contributed by atoms with E-state index < -0.39 is 11.7 Å². The fourth-order valence-electron chi connectivity index (χ4n) is 2.26. The molecule has 0 atom stereocenters. The molecule has 0 bridgehead atoms. The highest BCUT2D eigenvalue weighted by Gasteiger charge is 2.30. The maximum Gasteiger partial charge on any atom is 0.416 e. The summed E-state index contributed by atoms with van der Waals surface area (Å²) in [6.07, 6.45) is -4.36. The van der Waals surface area contributed by atoms with Crippen LogP contribution in [0.1, 0.15) is 27.0 Å². The predicted molar refractivity (Wildman–Crippen MR) is 100 cm³/mol. The monoisotopic (exact) mass is 409 g/mol. The molecule has 1 heterocycles. The Morgan fingerprint density at radius 3 is 2.67 bits per heavy atom. The fourth-order valence-corrected chi connectivity index (χ4v) is 3.95. The largest absolute Gasteiger partial charge is 0.416 e. The highest BCUT2D eigenvalue weighted by molar-refractivity contribution is 8.00. The number of alkyl halides is 3. The molecular weight excluding hydrogens is 395 g/mol. The molecule has 0 saturated heterocycles. The van der Waals surface area contributed by atoms with Crippen LogP contribution in [-0.4, -0.2) is 16.1 Å². The van der Waals surface area contributed by atoms with Crippen molar-refractivity contribution in [2.75, 3.05) is 5.32 Å². The number of anilines is 1. The second-order valence-corrected chi connectivity index (χ2v) is 7.88. The average Bonchev–Trinajstić information content (AvgIpc) is 3.07. The first-order valence-electron chi connectivity index (χ1n) is 7.82. The van der Waals surface area contributed by atoms with Crippen LogP contribution in [0.2, 0.25) is 0 Å². The maximum absolute atomic E-state index is 12.8. The van der Waals surface area contributed by atoms with Crippen LogP contribution >= 0.6 is 23.1 Å². The quantitative estimate of drug-likeness (QED) is 0.452. The lowest BCUT2D eigenvalue weighted by Gasteiger charge is -2.07. The van der Waals surface area contributed by atoms with E-state index in [1.807, 2.05) is 13.0 Å². The zero-order valence-corrected chi connectivity index (χ0v) is 15.7. The highest BCUT2D eigenvalue weighted by atomic mass is 32.2. The molecule has 0 unspecified atom stereocenters. The molecule has 1 aromatic heterocycles. The minimum atomic E-state index is -4.36. The van der Waals surface area contributed by atoms with Gasteiger partial charge in [0.2, 0.25) is 5.13 Å². The lowest BCUT2D eigenvalue weighted by Crippen LogP contribution is -2.11. The Hall–Kier alpha value is -2.39. The van der Waals surface area contributed by atoms with Gasteiger partial charge in [0.25, 0.3) is 5.91 Å². The summed E-state index contributed by atoms with van der Waals surface area (Å²) in [5.74, 6) is 0.0361. The van der Waals surface area contributed by atoms with E-state index in [4.69, 9.17) is 0 Å². The van der Waals surface area contributed by atoms with Gasteiger partial charge in [-0.3, -0.25) is 10.1 Å². The fraction of sp³-hybridized carbons (Fsp3) is 0.167. The summed E-state index contributed by atoms with van der Waals surface area (Å²) >= 11 is 2.44. The average molecular weight is 409 g/mol. The number of nitrogens with one attached hydrogen (secondary N) is 1. The second-order valence-electron chi connectivity index (χ2n) is 5.68. The van der Waals surface area contributed by atoms with Crippen molar-refractivity contribution in [1.82, 2.24) is 10.2 Å². The number of carbonyl (C=O) groups is 1. The van der Waals surface area contributed by atoms with Gasteiger partial charge in [-0.1, -0.05) is 59.0 Å². The number of benzene rings is 2. The first kappa shape index (κ1) is 19.4. The van der Waals surface area contributed by atoms with Gasteiger partial charge >= 0.3 is 6.18 Å². The van der Waals surface area contributed by atoms with Gasteiger partial charge in [0, 0.05) is 11.3 Å². The van der Waals surface area contributed by atoms with Crippen molar-refractivity contribution in [3.05, 3.63) is 70.8 Å². The third-order valence-electron chi connectivity index (χ3n) is 3.52. The van der Waals surface area contributed by atoms with Crippen molar-refractivity contribution in [2.24, 2.45) is 0 Å². The molecule has 1 N–H and O–H groups in total. The molecule has 27 heavy (non-hydrogen) atoms.